The molecule has 0 unspecified atom stereocenters. The van der Waals surface area contributed by atoms with Crippen LogP contribution in [-0.4, -0.2) is 54.5 Å². The average molecular weight is 358 g/mol. The lowest BCUT2D eigenvalue weighted by Gasteiger charge is -2.30. The van der Waals surface area contributed by atoms with Gasteiger partial charge >= 0.3 is 5.97 Å². The third-order valence-electron chi connectivity index (χ3n) is 3.93. The summed E-state index contributed by atoms with van der Waals surface area (Å²) in [4.78, 5) is 25.7. The molecule has 23 heavy (non-hydrogen) atoms. The summed E-state index contributed by atoms with van der Waals surface area (Å²) in [6.45, 7) is 3.46. The highest BCUT2D eigenvalue weighted by molar-refractivity contribution is 8.00. The first-order valence-corrected chi connectivity index (χ1v) is 9.00. The second-order valence-electron chi connectivity index (χ2n) is 5.47. The second kappa shape index (κ2) is 8.57. The lowest BCUT2D eigenvalue weighted by molar-refractivity contribution is -0.683. The standard InChI is InChI=1S/C16H21ClN2O3S/c1-11(12-5-3-4-6-13(12)17)18-9-15(20)19-7-8-23-14(10-19)16(21)22-2/h3-6,11,14,18H,7-10H2,1-2H3/p+1/t11-,14-/m0/s1. The molecule has 2 N–H and O–H groups in total. The molecule has 1 aliphatic rings. The number of methoxy groups -OCH3 is 1. The van der Waals surface area contributed by atoms with Crippen molar-refractivity contribution in [3.05, 3.63) is 34.9 Å². The molecule has 7 heteroatoms. The van der Waals surface area contributed by atoms with Crippen molar-refractivity contribution in [3.8, 4) is 0 Å². The minimum absolute atomic E-state index is 0.0399. The van der Waals surface area contributed by atoms with Crippen LogP contribution in [0.25, 0.3) is 0 Å². The molecule has 1 aromatic rings. The maximum atomic E-state index is 12.4. The fourth-order valence-corrected chi connectivity index (χ4v) is 3.96. The van der Waals surface area contributed by atoms with Gasteiger partial charge in [-0.15, -0.1) is 11.8 Å². The Morgan fingerprint density at radius 3 is 2.91 bits per heavy atom. The van der Waals surface area contributed by atoms with Crippen molar-refractivity contribution in [2.24, 2.45) is 0 Å². The van der Waals surface area contributed by atoms with Crippen LogP contribution in [-0.2, 0) is 14.3 Å². The summed E-state index contributed by atoms with van der Waals surface area (Å²) >= 11 is 7.73. The van der Waals surface area contributed by atoms with Gasteiger partial charge in [0.25, 0.3) is 5.91 Å². The molecule has 126 valence electrons. The van der Waals surface area contributed by atoms with Gasteiger partial charge in [0.1, 0.15) is 11.3 Å². The van der Waals surface area contributed by atoms with Crippen LogP contribution in [0.2, 0.25) is 5.02 Å². The van der Waals surface area contributed by atoms with E-state index in [1.807, 2.05) is 36.5 Å². The van der Waals surface area contributed by atoms with Gasteiger partial charge in [-0.25, -0.2) is 0 Å². The number of hydrogen-bond donors (Lipinski definition) is 1. The van der Waals surface area contributed by atoms with Crippen LogP contribution in [0.3, 0.4) is 0 Å². The minimum atomic E-state index is -0.279. The van der Waals surface area contributed by atoms with Gasteiger partial charge in [-0.05, 0) is 13.0 Å². The van der Waals surface area contributed by atoms with Gasteiger partial charge in [-0.2, -0.15) is 0 Å². The zero-order valence-electron chi connectivity index (χ0n) is 13.3. The van der Waals surface area contributed by atoms with Crippen LogP contribution >= 0.6 is 23.4 Å². The van der Waals surface area contributed by atoms with E-state index in [4.69, 9.17) is 16.3 Å². The maximum absolute atomic E-state index is 12.4. The summed E-state index contributed by atoms with van der Waals surface area (Å²) in [5.74, 6) is 0.532. The Labute approximate surface area is 145 Å². The number of thioether (sulfide) groups is 1. The smallest absolute Gasteiger partial charge is 0.320 e. The number of rotatable bonds is 5. The van der Waals surface area contributed by atoms with E-state index in [0.717, 1.165) is 11.3 Å². The van der Waals surface area contributed by atoms with Crippen molar-refractivity contribution in [2.75, 3.05) is 32.5 Å². The largest absolute Gasteiger partial charge is 0.468 e. The van der Waals surface area contributed by atoms with Crippen molar-refractivity contribution in [1.29, 1.82) is 0 Å². The molecular formula is C16H22ClN2O3S+. The molecular weight excluding hydrogens is 336 g/mol. The van der Waals surface area contributed by atoms with Crippen LogP contribution in [0.4, 0.5) is 0 Å². The van der Waals surface area contributed by atoms with Crippen LogP contribution in [0.15, 0.2) is 24.3 Å². The number of hydrogen-bond acceptors (Lipinski definition) is 4. The van der Waals surface area contributed by atoms with Crippen LogP contribution in [0.5, 0.6) is 0 Å². The van der Waals surface area contributed by atoms with E-state index in [2.05, 4.69) is 0 Å². The van der Waals surface area contributed by atoms with E-state index < -0.39 is 0 Å². The molecule has 0 bridgehead atoms. The lowest BCUT2D eigenvalue weighted by atomic mass is 10.1. The quantitative estimate of drug-likeness (QED) is 0.801. The van der Waals surface area contributed by atoms with Gasteiger partial charge in [0.15, 0.2) is 6.54 Å². The van der Waals surface area contributed by atoms with Crippen LogP contribution < -0.4 is 5.32 Å². The van der Waals surface area contributed by atoms with Gasteiger partial charge in [0, 0.05) is 29.4 Å². The number of carbonyl (C=O) groups excluding carboxylic acids is 2. The monoisotopic (exact) mass is 357 g/mol. The molecule has 0 aromatic heterocycles. The third kappa shape index (κ3) is 4.86. The normalized spacial score (nSPS) is 19.3. The Bertz CT molecular complexity index is 570. The molecule has 2 atom stereocenters. The highest BCUT2D eigenvalue weighted by Crippen LogP contribution is 2.20. The highest BCUT2D eigenvalue weighted by atomic mass is 35.5. The molecule has 0 saturated carbocycles. The van der Waals surface area contributed by atoms with Crippen LogP contribution in [0.1, 0.15) is 18.5 Å². The molecule has 1 aromatic carbocycles. The SMILES string of the molecule is COC(=O)[C@@H]1CN(C(=O)C[NH2+][C@@H](C)c2ccccc2Cl)CCS1. The zero-order valence-corrected chi connectivity index (χ0v) is 14.9. The molecule has 1 fully saturated rings. The number of esters is 1. The summed E-state index contributed by atoms with van der Waals surface area (Å²) < 4.78 is 4.77. The topological polar surface area (TPSA) is 63.2 Å². The summed E-state index contributed by atoms with van der Waals surface area (Å²) in [6.07, 6.45) is 0. The fraction of sp³-hybridized carbons (Fsp3) is 0.500. The number of nitrogens with two attached hydrogens (primary N) is 1. The molecule has 1 aliphatic heterocycles. The van der Waals surface area contributed by atoms with E-state index >= 15 is 0 Å². The number of benzene rings is 1. The number of amides is 1. The Hall–Kier alpha value is -1.24. The van der Waals surface area contributed by atoms with Crippen LogP contribution in [0, 0.1) is 0 Å². The van der Waals surface area contributed by atoms with Gasteiger partial charge in [0.05, 0.1) is 7.11 Å². The van der Waals surface area contributed by atoms with Crippen molar-refractivity contribution < 1.29 is 19.6 Å². The highest BCUT2D eigenvalue weighted by Gasteiger charge is 2.30. The molecule has 2 rings (SSSR count). The van der Waals surface area contributed by atoms with Crippen molar-refractivity contribution in [3.63, 3.8) is 0 Å². The molecule has 0 spiro atoms. The first-order valence-electron chi connectivity index (χ1n) is 7.58. The number of halogens is 1. The Morgan fingerprint density at radius 1 is 1.48 bits per heavy atom. The summed E-state index contributed by atoms with van der Waals surface area (Å²) in [5, 5.41) is 2.40. The summed E-state index contributed by atoms with van der Waals surface area (Å²) in [5.41, 5.74) is 1.02. The van der Waals surface area contributed by atoms with E-state index in [0.29, 0.717) is 24.7 Å². The number of ether oxygens (including phenoxy) is 1. The van der Waals surface area contributed by atoms with E-state index in [1.165, 1.54) is 7.11 Å². The Kier molecular flexibility index (Phi) is 6.74. The van der Waals surface area contributed by atoms with Gasteiger partial charge in [-0.1, -0.05) is 29.8 Å². The average Bonchev–Trinajstić information content (AvgIpc) is 2.59. The van der Waals surface area contributed by atoms with E-state index in [-0.39, 0.29) is 23.2 Å². The zero-order chi connectivity index (χ0) is 16.8. The summed E-state index contributed by atoms with van der Waals surface area (Å²) in [7, 11) is 1.38. The molecule has 1 heterocycles. The van der Waals surface area contributed by atoms with Crippen molar-refractivity contribution >= 4 is 35.2 Å². The number of nitrogens with zero attached hydrogens (tertiary/aromatic N) is 1. The van der Waals surface area contributed by atoms with E-state index in [9.17, 15) is 9.59 Å². The van der Waals surface area contributed by atoms with Crippen molar-refractivity contribution in [2.45, 2.75) is 18.2 Å². The predicted octanol–water partition coefficient (Wildman–Crippen LogP) is 1.08. The van der Waals surface area contributed by atoms with Gasteiger partial charge in [0.2, 0.25) is 0 Å². The second-order valence-corrected chi connectivity index (χ2v) is 7.19. The molecule has 0 radical (unpaired) electrons. The Balaban J connectivity index is 1.87. The maximum Gasteiger partial charge on any atom is 0.320 e. The first kappa shape index (κ1) is 18.1. The Morgan fingerprint density at radius 2 is 2.22 bits per heavy atom. The third-order valence-corrected chi connectivity index (χ3v) is 5.43. The summed E-state index contributed by atoms with van der Waals surface area (Å²) in [6, 6.07) is 7.76. The lowest BCUT2D eigenvalue weighted by Crippen LogP contribution is -2.87. The minimum Gasteiger partial charge on any atom is -0.468 e. The molecule has 1 saturated heterocycles. The first-order chi connectivity index (χ1) is 11.0. The van der Waals surface area contributed by atoms with Gasteiger partial charge in [-0.3, -0.25) is 9.59 Å². The number of carbonyl (C=O) groups is 2. The molecule has 0 aliphatic carbocycles. The van der Waals surface area contributed by atoms with Gasteiger partial charge < -0.3 is 15.0 Å². The van der Waals surface area contributed by atoms with Crippen molar-refractivity contribution in [1.82, 2.24) is 4.90 Å². The number of quaternary nitrogens is 1. The molecule has 5 nitrogen and oxygen atoms in total. The fourth-order valence-electron chi connectivity index (χ4n) is 2.53. The predicted molar refractivity (Wildman–Crippen MR) is 91.5 cm³/mol. The van der Waals surface area contributed by atoms with E-state index in [1.54, 1.807) is 16.7 Å². The molecule has 1 amide bonds.